The van der Waals surface area contributed by atoms with Crippen molar-refractivity contribution in [2.75, 3.05) is 36.4 Å². The molecule has 0 atom stereocenters. The number of hydrogen-bond donors (Lipinski definition) is 2. The van der Waals surface area contributed by atoms with Gasteiger partial charge in [-0.1, -0.05) is 17.7 Å². The van der Waals surface area contributed by atoms with E-state index < -0.39 is 0 Å². The Balaban J connectivity index is 1.34. The molecule has 164 valence electrons. The lowest BCUT2D eigenvalue weighted by Crippen LogP contribution is -2.43. The van der Waals surface area contributed by atoms with Crippen LogP contribution in [-0.4, -0.2) is 36.1 Å². The fraction of sp³-hybridized carbons (Fsp3) is 0.250. The zero-order valence-corrected chi connectivity index (χ0v) is 19.2. The fourth-order valence-corrected chi connectivity index (χ4v) is 4.42. The minimum atomic E-state index is -0.372. The van der Waals surface area contributed by atoms with E-state index in [0.29, 0.717) is 15.9 Å². The number of piperazine rings is 1. The number of nitrogens with zero attached hydrogens (tertiary/aromatic N) is 3. The van der Waals surface area contributed by atoms with Crippen molar-refractivity contribution >= 4 is 39.2 Å². The average molecular weight is 496 g/mol. The molecule has 2 aliphatic rings. The number of aromatic nitrogens is 2. The summed E-state index contributed by atoms with van der Waals surface area (Å²) in [6.07, 6.45) is 4.03. The zero-order chi connectivity index (χ0) is 22.1. The van der Waals surface area contributed by atoms with E-state index in [2.05, 4.69) is 53.6 Å². The highest BCUT2D eigenvalue weighted by atomic mass is 79.9. The highest BCUT2D eigenvalue weighted by molar-refractivity contribution is 9.10. The summed E-state index contributed by atoms with van der Waals surface area (Å²) in [5, 5.41) is 6.64. The van der Waals surface area contributed by atoms with Crippen LogP contribution in [0.15, 0.2) is 52.8 Å². The molecule has 5 rings (SSSR count). The van der Waals surface area contributed by atoms with E-state index in [4.69, 9.17) is 4.74 Å². The minimum absolute atomic E-state index is 0.139. The lowest BCUT2D eigenvalue weighted by atomic mass is 10.1. The summed E-state index contributed by atoms with van der Waals surface area (Å²) in [4.78, 5) is 10.8. The van der Waals surface area contributed by atoms with E-state index in [9.17, 15) is 4.39 Å². The third-order valence-electron chi connectivity index (χ3n) is 5.67. The molecule has 2 aromatic carbocycles. The molecule has 0 saturated carbocycles. The van der Waals surface area contributed by atoms with Crippen LogP contribution in [-0.2, 0) is 6.42 Å². The Bertz CT molecular complexity index is 1180. The van der Waals surface area contributed by atoms with Crippen LogP contribution in [0.2, 0.25) is 0 Å². The Morgan fingerprint density at radius 2 is 1.88 bits per heavy atom. The van der Waals surface area contributed by atoms with E-state index in [1.807, 2.05) is 31.2 Å². The molecule has 1 aliphatic carbocycles. The van der Waals surface area contributed by atoms with Gasteiger partial charge in [-0.05, 0) is 65.2 Å². The van der Waals surface area contributed by atoms with Crippen molar-refractivity contribution in [3.63, 3.8) is 0 Å². The van der Waals surface area contributed by atoms with Gasteiger partial charge in [0.15, 0.2) is 17.4 Å². The fourth-order valence-electron chi connectivity index (χ4n) is 4.03. The van der Waals surface area contributed by atoms with Crippen molar-refractivity contribution in [3.05, 3.63) is 69.7 Å². The first-order chi connectivity index (χ1) is 15.6. The van der Waals surface area contributed by atoms with Gasteiger partial charge in [-0.2, -0.15) is 0 Å². The molecule has 1 saturated heterocycles. The molecule has 0 radical (unpaired) electrons. The third-order valence-corrected chi connectivity index (χ3v) is 6.39. The highest BCUT2D eigenvalue weighted by Gasteiger charge is 2.20. The van der Waals surface area contributed by atoms with Crippen LogP contribution >= 0.6 is 15.9 Å². The molecule has 3 aromatic rings. The second-order valence-electron chi connectivity index (χ2n) is 7.97. The summed E-state index contributed by atoms with van der Waals surface area (Å²) >= 11 is 3.51. The van der Waals surface area contributed by atoms with E-state index in [0.717, 1.165) is 49.4 Å². The maximum Gasteiger partial charge on any atom is 0.239 e. The van der Waals surface area contributed by atoms with Gasteiger partial charge in [0.1, 0.15) is 10.8 Å². The Hall–Kier alpha value is -2.97. The van der Waals surface area contributed by atoms with Gasteiger partial charge < -0.3 is 20.3 Å². The van der Waals surface area contributed by atoms with Gasteiger partial charge in [0.05, 0.1) is 0 Å². The number of benzene rings is 2. The molecule has 2 N–H and O–H groups in total. The molecule has 32 heavy (non-hydrogen) atoms. The molecule has 0 amide bonds. The summed E-state index contributed by atoms with van der Waals surface area (Å²) in [6, 6.07) is 11.8. The average Bonchev–Trinajstić information content (AvgIpc) is 3.20. The first-order valence-electron chi connectivity index (χ1n) is 10.6. The second kappa shape index (κ2) is 8.88. The van der Waals surface area contributed by atoms with Gasteiger partial charge in [-0.3, -0.25) is 0 Å². The number of ether oxygens (including phenoxy) is 1. The normalized spacial score (nSPS) is 15.3. The largest absolute Gasteiger partial charge is 0.435 e. The number of allylic oxidation sites excluding steroid dienone is 1. The first-order valence-corrected chi connectivity index (χ1v) is 11.4. The van der Waals surface area contributed by atoms with Crippen LogP contribution in [0, 0.1) is 5.82 Å². The minimum Gasteiger partial charge on any atom is -0.435 e. The second-order valence-corrected chi connectivity index (χ2v) is 8.76. The van der Waals surface area contributed by atoms with Gasteiger partial charge in [-0.15, -0.1) is 0 Å². The van der Waals surface area contributed by atoms with E-state index in [1.54, 1.807) is 6.07 Å². The van der Waals surface area contributed by atoms with Crippen LogP contribution in [0.1, 0.15) is 18.1 Å². The Labute approximate surface area is 194 Å². The summed E-state index contributed by atoms with van der Waals surface area (Å²) < 4.78 is 21.3. The highest BCUT2D eigenvalue weighted by Crippen LogP contribution is 2.37. The Morgan fingerprint density at radius 1 is 1.09 bits per heavy atom. The predicted octanol–water partition coefficient (Wildman–Crippen LogP) is 5.28. The van der Waals surface area contributed by atoms with Gasteiger partial charge >= 0.3 is 0 Å². The smallest absolute Gasteiger partial charge is 0.239 e. The summed E-state index contributed by atoms with van der Waals surface area (Å²) in [5.41, 5.74) is 4.78. The van der Waals surface area contributed by atoms with Gasteiger partial charge in [0.25, 0.3) is 0 Å². The van der Waals surface area contributed by atoms with Crippen molar-refractivity contribution in [1.29, 1.82) is 0 Å². The van der Waals surface area contributed by atoms with Gasteiger partial charge in [0, 0.05) is 43.1 Å². The summed E-state index contributed by atoms with van der Waals surface area (Å²) in [7, 11) is 0. The molecule has 2 heterocycles. The van der Waals surface area contributed by atoms with Crippen LogP contribution in [0.5, 0.6) is 11.6 Å². The summed E-state index contributed by atoms with van der Waals surface area (Å²) in [5.74, 6) is 0.558. The quantitative estimate of drug-likeness (QED) is 0.501. The maximum atomic E-state index is 15.0. The molecule has 8 heteroatoms. The van der Waals surface area contributed by atoms with Crippen molar-refractivity contribution in [1.82, 2.24) is 15.3 Å². The molecule has 1 aliphatic heterocycles. The number of rotatable bonds is 5. The molecule has 0 unspecified atom stereocenters. The maximum absolute atomic E-state index is 15.0. The number of fused-ring (bicyclic) bond motifs is 1. The molecule has 0 bridgehead atoms. The predicted molar refractivity (Wildman–Crippen MR) is 128 cm³/mol. The molecule has 6 nitrogen and oxygen atoms in total. The van der Waals surface area contributed by atoms with Crippen LogP contribution in [0.4, 0.5) is 21.6 Å². The lowest BCUT2D eigenvalue weighted by molar-refractivity contribution is 0.423. The topological polar surface area (TPSA) is 62.3 Å². The Kier molecular flexibility index (Phi) is 5.80. The molecular weight excluding hydrogens is 473 g/mol. The SMILES string of the molecule is CC1=Cc2c(ccc(Oc3ncnc(Nc4ccc(N5CCNCC5)cc4)c3Br)c2F)C1. The molecule has 1 aromatic heterocycles. The standard InChI is InChI=1S/C24H23BrFN5O/c1-15-12-16-2-7-20(22(26)19(16)13-15)32-24-21(25)23(28-14-29-24)30-17-3-5-18(6-4-17)31-10-8-27-9-11-31/h2-7,13-14,27H,8-12H2,1H3,(H,28,29,30). The van der Waals surface area contributed by atoms with Crippen LogP contribution in [0.3, 0.4) is 0 Å². The monoisotopic (exact) mass is 495 g/mol. The van der Waals surface area contributed by atoms with Crippen molar-refractivity contribution in [2.45, 2.75) is 13.3 Å². The third kappa shape index (κ3) is 4.20. The van der Waals surface area contributed by atoms with Crippen molar-refractivity contribution < 1.29 is 9.13 Å². The number of anilines is 3. The lowest BCUT2D eigenvalue weighted by Gasteiger charge is -2.29. The van der Waals surface area contributed by atoms with Crippen molar-refractivity contribution in [2.24, 2.45) is 0 Å². The Morgan fingerprint density at radius 3 is 2.66 bits per heavy atom. The molecule has 0 spiro atoms. The first kappa shape index (κ1) is 20.9. The van der Waals surface area contributed by atoms with Gasteiger partial charge in [0.2, 0.25) is 5.88 Å². The van der Waals surface area contributed by atoms with E-state index in [1.165, 1.54) is 12.0 Å². The summed E-state index contributed by atoms with van der Waals surface area (Å²) in [6.45, 7) is 5.99. The number of hydrogen-bond acceptors (Lipinski definition) is 6. The molecular formula is C24H23BrFN5O. The van der Waals surface area contributed by atoms with Gasteiger partial charge in [-0.25, -0.2) is 14.4 Å². The van der Waals surface area contributed by atoms with Crippen LogP contribution in [0.25, 0.3) is 6.08 Å². The zero-order valence-electron chi connectivity index (χ0n) is 17.7. The van der Waals surface area contributed by atoms with Crippen LogP contribution < -0.4 is 20.3 Å². The van der Waals surface area contributed by atoms with Crippen molar-refractivity contribution in [3.8, 4) is 11.6 Å². The van der Waals surface area contributed by atoms with E-state index >= 15 is 0 Å². The number of halogens is 2. The molecule has 1 fully saturated rings. The number of nitrogens with one attached hydrogen (secondary N) is 2. The van der Waals surface area contributed by atoms with E-state index in [-0.39, 0.29) is 17.4 Å².